The Balaban J connectivity index is 1.50. The van der Waals surface area contributed by atoms with Crippen molar-refractivity contribution in [1.29, 1.82) is 0 Å². The summed E-state index contributed by atoms with van der Waals surface area (Å²) < 4.78 is 11.2. The number of ether oxygens (including phenoxy) is 1. The molecule has 5 rings (SSSR count). The van der Waals surface area contributed by atoms with Crippen LogP contribution in [-0.2, 0) is 0 Å². The van der Waals surface area contributed by atoms with Crippen LogP contribution in [-0.4, -0.2) is 23.0 Å². The van der Waals surface area contributed by atoms with Crippen LogP contribution in [0.4, 0.5) is 5.69 Å². The number of aromatic nitrogens is 2. The fourth-order valence-corrected chi connectivity index (χ4v) is 3.47. The number of oxazole rings is 1. The van der Waals surface area contributed by atoms with Crippen LogP contribution in [0.25, 0.3) is 33.3 Å². The fraction of sp³-hybridized carbons (Fsp3) is 0.0417. The van der Waals surface area contributed by atoms with E-state index < -0.39 is 0 Å². The Bertz CT molecular complexity index is 1380. The summed E-state index contributed by atoms with van der Waals surface area (Å²) in [5.74, 6) is 0.754. The average Bonchev–Trinajstić information content (AvgIpc) is 3.22. The van der Waals surface area contributed by atoms with Crippen molar-refractivity contribution in [3.8, 4) is 17.2 Å². The highest BCUT2D eigenvalue weighted by Gasteiger charge is 2.17. The molecule has 0 fully saturated rings. The average molecular weight is 395 g/mol. The predicted octanol–water partition coefficient (Wildman–Crippen LogP) is 5.30. The molecule has 3 aromatic carbocycles. The first-order chi connectivity index (χ1) is 14.7. The molecule has 5 aromatic rings. The quantitative estimate of drug-likeness (QED) is 0.447. The highest BCUT2D eigenvalue weighted by atomic mass is 16.5. The first-order valence-electron chi connectivity index (χ1n) is 9.41. The Labute approximate surface area is 172 Å². The third-order valence-electron chi connectivity index (χ3n) is 4.89. The van der Waals surface area contributed by atoms with Gasteiger partial charge < -0.3 is 14.5 Å². The van der Waals surface area contributed by atoms with Crippen molar-refractivity contribution >= 4 is 33.5 Å². The van der Waals surface area contributed by atoms with Crippen LogP contribution < -0.4 is 10.1 Å². The molecular formula is C24H17N3O3. The Morgan fingerprint density at radius 1 is 1.03 bits per heavy atom. The second-order valence-corrected chi connectivity index (χ2v) is 6.76. The topological polar surface area (TPSA) is 77.2 Å². The van der Waals surface area contributed by atoms with E-state index in [4.69, 9.17) is 9.15 Å². The molecule has 0 aliphatic rings. The predicted molar refractivity (Wildman–Crippen MR) is 116 cm³/mol. The minimum Gasteiger partial charge on any atom is -0.496 e. The molecule has 1 amide bonds. The highest BCUT2D eigenvalue weighted by molar-refractivity contribution is 6.15. The van der Waals surface area contributed by atoms with Crippen molar-refractivity contribution in [2.24, 2.45) is 0 Å². The second kappa shape index (κ2) is 7.33. The maximum Gasteiger partial charge on any atom is 0.260 e. The van der Waals surface area contributed by atoms with Crippen LogP contribution in [0.1, 0.15) is 10.4 Å². The molecule has 0 aliphatic heterocycles. The minimum atomic E-state index is -0.251. The van der Waals surface area contributed by atoms with Crippen LogP contribution in [0.15, 0.2) is 83.5 Å². The van der Waals surface area contributed by atoms with Crippen LogP contribution in [0.5, 0.6) is 5.75 Å². The van der Waals surface area contributed by atoms with E-state index in [1.807, 2.05) is 42.5 Å². The van der Waals surface area contributed by atoms with Gasteiger partial charge in [-0.2, -0.15) is 0 Å². The SMILES string of the molecule is COc1ccc2ccccc2c1C(=O)Nc1ccc2oc(-c3cccnc3)nc2c1. The summed E-state index contributed by atoms with van der Waals surface area (Å²) in [7, 11) is 1.56. The van der Waals surface area contributed by atoms with Gasteiger partial charge in [0.25, 0.3) is 5.91 Å². The van der Waals surface area contributed by atoms with Gasteiger partial charge in [0.15, 0.2) is 5.58 Å². The lowest BCUT2D eigenvalue weighted by atomic mass is 10.0. The number of nitrogens with one attached hydrogen (secondary N) is 1. The molecule has 2 aromatic heterocycles. The third-order valence-corrected chi connectivity index (χ3v) is 4.89. The molecule has 0 atom stereocenters. The van der Waals surface area contributed by atoms with Gasteiger partial charge in [-0.15, -0.1) is 0 Å². The number of carbonyl (C=O) groups excluding carboxylic acids is 1. The van der Waals surface area contributed by atoms with Crippen LogP contribution in [0, 0.1) is 0 Å². The van der Waals surface area contributed by atoms with E-state index in [-0.39, 0.29) is 5.91 Å². The van der Waals surface area contributed by atoms with Crippen molar-refractivity contribution in [3.63, 3.8) is 0 Å². The van der Waals surface area contributed by atoms with Crippen LogP contribution >= 0.6 is 0 Å². The molecule has 0 bridgehead atoms. The number of amides is 1. The molecule has 6 nitrogen and oxygen atoms in total. The molecule has 30 heavy (non-hydrogen) atoms. The van der Waals surface area contributed by atoms with Gasteiger partial charge in [-0.05, 0) is 47.2 Å². The van der Waals surface area contributed by atoms with Gasteiger partial charge in [0.2, 0.25) is 5.89 Å². The number of hydrogen-bond acceptors (Lipinski definition) is 5. The summed E-state index contributed by atoms with van der Waals surface area (Å²) in [6, 6.07) is 20.5. The van der Waals surface area contributed by atoms with E-state index in [1.54, 1.807) is 43.8 Å². The standard InChI is InChI=1S/C24H17N3O3/c1-29-21-10-8-15-5-2-3-7-18(15)22(21)23(28)26-17-9-11-20-19(13-17)27-24(30-20)16-6-4-12-25-14-16/h2-14H,1H3,(H,26,28). The monoisotopic (exact) mass is 395 g/mol. The largest absolute Gasteiger partial charge is 0.496 e. The summed E-state index contributed by atoms with van der Waals surface area (Å²) >= 11 is 0. The first kappa shape index (κ1) is 17.9. The summed E-state index contributed by atoms with van der Waals surface area (Å²) in [5, 5.41) is 4.75. The van der Waals surface area contributed by atoms with Gasteiger partial charge in [-0.1, -0.05) is 30.3 Å². The lowest BCUT2D eigenvalue weighted by Crippen LogP contribution is -2.13. The molecule has 0 spiro atoms. The van der Waals surface area contributed by atoms with Crippen molar-refractivity contribution in [2.75, 3.05) is 12.4 Å². The number of methoxy groups -OCH3 is 1. The Morgan fingerprint density at radius 2 is 1.93 bits per heavy atom. The molecule has 0 saturated heterocycles. The van der Waals surface area contributed by atoms with Gasteiger partial charge in [-0.3, -0.25) is 9.78 Å². The van der Waals surface area contributed by atoms with E-state index in [0.29, 0.717) is 34.0 Å². The van der Waals surface area contributed by atoms with E-state index in [9.17, 15) is 4.79 Å². The first-order valence-corrected chi connectivity index (χ1v) is 9.41. The number of nitrogens with zero attached hydrogens (tertiary/aromatic N) is 2. The maximum absolute atomic E-state index is 13.1. The molecule has 0 aliphatic carbocycles. The summed E-state index contributed by atoms with van der Waals surface area (Å²) in [6.45, 7) is 0. The van der Waals surface area contributed by atoms with Crippen LogP contribution in [0.2, 0.25) is 0 Å². The van der Waals surface area contributed by atoms with E-state index >= 15 is 0 Å². The normalized spacial score (nSPS) is 11.0. The van der Waals surface area contributed by atoms with E-state index in [1.165, 1.54) is 0 Å². The summed E-state index contributed by atoms with van der Waals surface area (Å²) in [6.07, 6.45) is 3.39. The fourth-order valence-electron chi connectivity index (χ4n) is 3.47. The summed E-state index contributed by atoms with van der Waals surface area (Å²) in [4.78, 5) is 21.7. The van der Waals surface area contributed by atoms with Gasteiger partial charge in [0.1, 0.15) is 11.3 Å². The molecule has 2 heterocycles. The van der Waals surface area contributed by atoms with Crippen molar-refractivity contribution < 1.29 is 13.9 Å². The molecule has 6 heteroatoms. The smallest absolute Gasteiger partial charge is 0.260 e. The van der Waals surface area contributed by atoms with Gasteiger partial charge in [0, 0.05) is 18.1 Å². The molecule has 146 valence electrons. The summed E-state index contributed by atoms with van der Waals surface area (Å²) in [5.41, 5.74) is 3.19. The number of anilines is 1. The maximum atomic E-state index is 13.1. The van der Waals surface area contributed by atoms with Gasteiger partial charge >= 0.3 is 0 Å². The Morgan fingerprint density at radius 3 is 2.77 bits per heavy atom. The van der Waals surface area contributed by atoms with Crippen LogP contribution in [0.3, 0.4) is 0 Å². The minimum absolute atomic E-state index is 0.251. The second-order valence-electron chi connectivity index (χ2n) is 6.76. The zero-order valence-corrected chi connectivity index (χ0v) is 16.1. The zero-order chi connectivity index (χ0) is 20.5. The van der Waals surface area contributed by atoms with Gasteiger partial charge in [0.05, 0.1) is 18.2 Å². The zero-order valence-electron chi connectivity index (χ0n) is 16.1. The van der Waals surface area contributed by atoms with Crippen molar-refractivity contribution in [2.45, 2.75) is 0 Å². The molecule has 0 radical (unpaired) electrons. The number of pyridine rings is 1. The third kappa shape index (κ3) is 3.14. The number of hydrogen-bond donors (Lipinski definition) is 1. The molecule has 0 unspecified atom stereocenters. The van der Waals surface area contributed by atoms with Crippen molar-refractivity contribution in [1.82, 2.24) is 9.97 Å². The highest BCUT2D eigenvalue weighted by Crippen LogP contribution is 2.30. The lowest BCUT2D eigenvalue weighted by Gasteiger charge is -2.12. The Kier molecular flexibility index (Phi) is 4.37. The number of rotatable bonds is 4. The molecule has 0 saturated carbocycles. The van der Waals surface area contributed by atoms with Crippen molar-refractivity contribution in [3.05, 3.63) is 84.7 Å². The Hall–Kier alpha value is -4.19. The van der Waals surface area contributed by atoms with Gasteiger partial charge in [-0.25, -0.2) is 4.98 Å². The lowest BCUT2D eigenvalue weighted by molar-refractivity contribution is 0.102. The van der Waals surface area contributed by atoms with E-state index in [2.05, 4.69) is 15.3 Å². The number of fused-ring (bicyclic) bond motifs is 2. The van der Waals surface area contributed by atoms with E-state index in [0.717, 1.165) is 16.3 Å². The molecule has 1 N–H and O–H groups in total. The number of carbonyl (C=O) groups is 1. The number of benzene rings is 3. The molecular weight excluding hydrogens is 378 g/mol.